The molecule has 0 aromatic heterocycles. The van der Waals surface area contributed by atoms with Gasteiger partial charge in [-0.15, -0.1) is 0 Å². The maximum atomic E-state index is 12.9. The Balaban J connectivity index is 1.59. The number of para-hydroxylation sites is 1. The predicted molar refractivity (Wildman–Crippen MR) is 105 cm³/mol. The first-order valence-electron chi connectivity index (χ1n) is 9.63. The predicted octanol–water partition coefficient (Wildman–Crippen LogP) is 3.57. The molecular weight excluding hydrogens is 372 g/mol. The van der Waals surface area contributed by atoms with E-state index >= 15 is 0 Å². The van der Waals surface area contributed by atoms with Crippen LogP contribution in [0.1, 0.15) is 73.5 Å². The standard InChI is InChI=1S/C22H20N2O5/c25-19(23-18-9-5-4-8-16(18)22(28)29)13-10-11-15-17(12-13)21(27)24(20(15)26)14-6-2-1-3-7-14/h4-5,8-12,14H,1-3,6-7H2,(H,23,25)(H,28,29). The van der Waals surface area contributed by atoms with E-state index in [0.29, 0.717) is 5.56 Å². The molecule has 4 rings (SSSR count). The molecule has 0 radical (unpaired) electrons. The molecule has 2 aromatic rings. The highest BCUT2D eigenvalue weighted by molar-refractivity contribution is 6.22. The maximum absolute atomic E-state index is 12.9. The number of aromatic carboxylic acids is 1. The first-order valence-corrected chi connectivity index (χ1v) is 9.63. The Hall–Kier alpha value is -3.48. The van der Waals surface area contributed by atoms with Crippen molar-refractivity contribution in [2.75, 3.05) is 5.32 Å². The first kappa shape index (κ1) is 18.9. The molecule has 29 heavy (non-hydrogen) atoms. The number of carbonyl (C=O) groups excluding carboxylic acids is 3. The number of amides is 3. The van der Waals surface area contributed by atoms with E-state index in [1.54, 1.807) is 12.1 Å². The Morgan fingerprint density at radius 3 is 2.34 bits per heavy atom. The fraction of sp³-hybridized carbons (Fsp3) is 0.273. The Morgan fingerprint density at radius 2 is 1.62 bits per heavy atom. The molecule has 3 amide bonds. The summed E-state index contributed by atoms with van der Waals surface area (Å²) in [5.41, 5.74) is 0.854. The number of carboxylic acids is 1. The van der Waals surface area contributed by atoms with E-state index in [4.69, 9.17) is 0 Å². The molecule has 2 aromatic carbocycles. The van der Waals surface area contributed by atoms with Crippen LogP contribution in [-0.4, -0.2) is 39.7 Å². The quantitative estimate of drug-likeness (QED) is 0.774. The molecule has 1 aliphatic heterocycles. The van der Waals surface area contributed by atoms with Gasteiger partial charge in [0.25, 0.3) is 17.7 Å². The third-order valence-electron chi connectivity index (χ3n) is 5.53. The number of nitrogens with zero attached hydrogens (tertiary/aromatic N) is 1. The Kier molecular flexibility index (Phi) is 4.88. The summed E-state index contributed by atoms with van der Waals surface area (Å²) < 4.78 is 0. The summed E-state index contributed by atoms with van der Waals surface area (Å²) in [7, 11) is 0. The number of nitrogens with one attached hydrogen (secondary N) is 1. The van der Waals surface area contributed by atoms with E-state index in [9.17, 15) is 24.3 Å². The molecule has 2 N–H and O–H groups in total. The van der Waals surface area contributed by atoms with Crippen LogP contribution in [-0.2, 0) is 0 Å². The van der Waals surface area contributed by atoms with E-state index < -0.39 is 11.9 Å². The molecular formula is C22H20N2O5. The minimum absolute atomic E-state index is 0.0308. The average molecular weight is 392 g/mol. The molecule has 7 nitrogen and oxygen atoms in total. The minimum atomic E-state index is -1.15. The van der Waals surface area contributed by atoms with Gasteiger partial charge in [-0.2, -0.15) is 0 Å². The van der Waals surface area contributed by atoms with Gasteiger partial charge in [-0.05, 0) is 43.2 Å². The van der Waals surface area contributed by atoms with Gasteiger partial charge in [0.05, 0.1) is 22.4 Å². The van der Waals surface area contributed by atoms with Crippen LogP contribution < -0.4 is 5.32 Å². The number of anilines is 1. The van der Waals surface area contributed by atoms with Crippen LogP contribution in [0, 0.1) is 0 Å². The molecule has 148 valence electrons. The van der Waals surface area contributed by atoms with Gasteiger partial charge in [-0.25, -0.2) is 4.79 Å². The van der Waals surface area contributed by atoms with Crippen LogP contribution in [0.3, 0.4) is 0 Å². The highest BCUT2D eigenvalue weighted by Crippen LogP contribution is 2.31. The van der Waals surface area contributed by atoms with E-state index in [1.807, 2.05) is 0 Å². The molecule has 2 aliphatic rings. The second kappa shape index (κ2) is 7.50. The number of hydrogen-bond donors (Lipinski definition) is 2. The van der Waals surface area contributed by atoms with E-state index in [2.05, 4.69) is 5.32 Å². The number of fused-ring (bicyclic) bond motifs is 1. The van der Waals surface area contributed by atoms with Crippen molar-refractivity contribution in [2.24, 2.45) is 0 Å². The third kappa shape index (κ3) is 3.40. The summed E-state index contributed by atoms with van der Waals surface area (Å²) in [6.45, 7) is 0. The van der Waals surface area contributed by atoms with Crippen molar-refractivity contribution in [3.8, 4) is 0 Å². The summed E-state index contributed by atoms with van der Waals surface area (Å²) in [5.74, 6) is -2.37. The first-order chi connectivity index (χ1) is 14.0. The molecule has 0 atom stereocenters. The fourth-order valence-corrected chi connectivity index (χ4v) is 4.04. The minimum Gasteiger partial charge on any atom is -0.478 e. The van der Waals surface area contributed by atoms with Crippen molar-refractivity contribution in [1.82, 2.24) is 4.90 Å². The van der Waals surface area contributed by atoms with Gasteiger partial charge in [-0.1, -0.05) is 31.4 Å². The maximum Gasteiger partial charge on any atom is 0.337 e. The van der Waals surface area contributed by atoms with Crippen LogP contribution in [0.15, 0.2) is 42.5 Å². The van der Waals surface area contributed by atoms with Crippen LogP contribution >= 0.6 is 0 Å². The van der Waals surface area contributed by atoms with Gasteiger partial charge in [0.1, 0.15) is 0 Å². The van der Waals surface area contributed by atoms with E-state index in [-0.39, 0.29) is 40.2 Å². The van der Waals surface area contributed by atoms with Crippen molar-refractivity contribution in [2.45, 2.75) is 38.1 Å². The number of benzene rings is 2. The van der Waals surface area contributed by atoms with Gasteiger partial charge in [-0.3, -0.25) is 19.3 Å². The van der Waals surface area contributed by atoms with E-state index in [0.717, 1.165) is 32.1 Å². The average Bonchev–Trinajstić information content (AvgIpc) is 2.98. The summed E-state index contributed by atoms with van der Waals surface area (Å²) in [5, 5.41) is 11.8. The van der Waals surface area contributed by atoms with Gasteiger partial charge in [0, 0.05) is 11.6 Å². The zero-order valence-corrected chi connectivity index (χ0v) is 15.7. The van der Waals surface area contributed by atoms with Gasteiger partial charge in [0.15, 0.2) is 0 Å². The van der Waals surface area contributed by atoms with Gasteiger partial charge in [0.2, 0.25) is 0 Å². The number of carbonyl (C=O) groups is 4. The topological polar surface area (TPSA) is 104 Å². The number of rotatable bonds is 4. The highest BCUT2D eigenvalue weighted by Gasteiger charge is 2.40. The second-order valence-corrected chi connectivity index (χ2v) is 7.34. The zero-order valence-electron chi connectivity index (χ0n) is 15.7. The van der Waals surface area contributed by atoms with E-state index in [1.165, 1.54) is 35.2 Å². The van der Waals surface area contributed by atoms with Gasteiger partial charge >= 0.3 is 5.97 Å². The molecule has 0 spiro atoms. The van der Waals surface area contributed by atoms with Crippen molar-refractivity contribution in [3.63, 3.8) is 0 Å². The molecule has 0 bridgehead atoms. The number of carboxylic acid groups (broad SMARTS) is 1. The SMILES string of the molecule is O=C(Nc1ccccc1C(=O)O)c1ccc2c(c1)C(=O)N(C1CCCCC1)C2=O. The Bertz CT molecular complexity index is 1020. The van der Waals surface area contributed by atoms with Crippen molar-refractivity contribution in [1.29, 1.82) is 0 Å². The zero-order chi connectivity index (χ0) is 20.5. The lowest BCUT2D eigenvalue weighted by molar-refractivity contribution is 0.0547. The van der Waals surface area contributed by atoms with Crippen LogP contribution in [0.2, 0.25) is 0 Å². The lowest BCUT2D eigenvalue weighted by Crippen LogP contribution is -2.40. The Morgan fingerprint density at radius 1 is 0.931 bits per heavy atom. The molecule has 7 heteroatoms. The summed E-state index contributed by atoms with van der Waals surface area (Å²) in [4.78, 5) is 50.9. The summed E-state index contributed by atoms with van der Waals surface area (Å²) >= 11 is 0. The fourth-order valence-electron chi connectivity index (χ4n) is 4.04. The number of imide groups is 1. The molecule has 1 saturated carbocycles. The van der Waals surface area contributed by atoms with Crippen LogP contribution in [0.5, 0.6) is 0 Å². The third-order valence-corrected chi connectivity index (χ3v) is 5.53. The molecule has 1 fully saturated rings. The largest absolute Gasteiger partial charge is 0.478 e. The summed E-state index contributed by atoms with van der Waals surface area (Å²) in [6.07, 6.45) is 4.72. The second-order valence-electron chi connectivity index (χ2n) is 7.34. The lowest BCUT2D eigenvalue weighted by Gasteiger charge is -2.29. The monoisotopic (exact) mass is 392 g/mol. The van der Waals surface area contributed by atoms with Crippen LogP contribution in [0.25, 0.3) is 0 Å². The lowest BCUT2D eigenvalue weighted by atomic mass is 9.94. The smallest absolute Gasteiger partial charge is 0.337 e. The van der Waals surface area contributed by atoms with Crippen molar-refractivity contribution in [3.05, 3.63) is 64.7 Å². The highest BCUT2D eigenvalue weighted by atomic mass is 16.4. The Labute approximate surface area is 167 Å². The molecule has 0 saturated heterocycles. The molecule has 1 heterocycles. The van der Waals surface area contributed by atoms with Crippen LogP contribution in [0.4, 0.5) is 5.69 Å². The molecule has 1 aliphatic carbocycles. The number of hydrogen-bond acceptors (Lipinski definition) is 4. The summed E-state index contributed by atoms with van der Waals surface area (Å²) in [6, 6.07) is 10.4. The van der Waals surface area contributed by atoms with Gasteiger partial charge < -0.3 is 10.4 Å². The molecule has 0 unspecified atom stereocenters. The van der Waals surface area contributed by atoms with Crippen molar-refractivity contribution >= 4 is 29.4 Å². The normalized spacial score (nSPS) is 16.6. The van der Waals surface area contributed by atoms with Crippen molar-refractivity contribution < 1.29 is 24.3 Å².